The van der Waals surface area contributed by atoms with Gasteiger partial charge in [0.05, 0.1) is 12.7 Å². The first-order valence-electron chi connectivity index (χ1n) is 5.09. The minimum absolute atomic E-state index is 0.0760. The van der Waals surface area contributed by atoms with Crippen LogP contribution < -0.4 is 4.72 Å². The minimum Gasteiger partial charge on any atom is -0.374 e. The largest absolute Gasteiger partial charge is 0.374 e. The molecule has 0 aromatic carbocycles. The normalized spacial score (nSPS) is 32.9. The summed E-state index contributed by atoms with van der Waals surface area (Å²) in [5.74, 6) is 0. The van der Waals surface area contributed by atoms with Gasteiger partial charge in [0.25, 0.3) is 9.24 Å². The van der Waals surface area contributed by atoms with Gasteiger partial charge >= 0.3 is 0 Å². The predicted molar refractivity (Wildman–Crippen MR) is 57.1 cm³/mol. The van der Waals surface area contributed by atoms with Crippen LogP contribution in [-0.4, -0.2) is 51.7 Å². The summed E-state index contributed by atoms with van der Waals surface area (Å²) in [7, 11) is 1.43. The van der Waals surface area contributed by atoms with Crippen molar-refractivity contribution in [2.24, 2.45) is 0 Å². The van der Waals surface area contributed by atoms with Gasteiger partial charge in [-0.25, -0.2) is 0 Å². The second-order valence-electron chi connectivity index (χ2n) is 4.03. The lowest BCUT2D eigenvalue weighted by Crippen LogP contribution is -2.49. The molecule has 88 valence electrons. The lowest BCUT2D eigenvalue weighted by atomic mass is 10.2. The fourth-order valence-electron chi connectivity index (χ4n) is 2.20. The predicted octanol–water partition coefficient (Wildman–Crippen LogP) is -0.0772. The molecule has 2 fully saturated rings. The highest BCUT2D eigenvalue weighted by Gasteiger charge is 2.32. The molecule has 0 aliphatic carbocycles. The van der Waals surface area contributed by atoms with Crippen LogP contribution in [0.5, 0.6) is 0 Å². The number of hydrogen-bond donors (Lipinski definition) is 1. The number of fused-ring (bicyclic) bond motifs is 1. The second kappa shape index (κ2) is 4.55. The second-order valence-corrected chi connectivity index (χ2v) is 6.42. The van der Waals surface area contributed by atoms with E-state index in [2.05, 4.69) is 9.62 Å². The highest BCUT2D eigenvalue weighted by atomic mass is 35.7. The van der Waals surface area contributed by atoms with Gasteiger partial charge in [-0.15, -0.1) is 0 Å². The van der Waals surface area contributed by atoms with Crippen molar-refractivity contribution in [1.29, 1.82) is 0 Å². The van der Waals surface area contributed by atoms with Gasteiger partial charge < -0.3 is 4.74 Å². The van der Waals surface area contributed by atoms with Crippen molar-refractivity contribution in [2.45, 2.75) is 25.0 Å². The Morgan fingerprint density at radius 2 is 2.33 bits per heavy atom. The number of ether oxygens (including phenoxy) is 1. The van der Waals surface area contributed by atoms with Crippen molar-refractivity contribution >= 4 is 19.9 Å². The molecule has 2 heterocycles. The van der Waals surface area contributed by atoms with Crippen LogP contribution in [0.4, 0.5) is 0 Å². The van der Waals surface area contributed by atoms with Gasteiger partial charge in [0.1, 0.15) is 0 Å². The van der Waals surface area contributed by atoms with Crippen LogP contribution in [0.15, 0.2) is 0 Å². The molecule has 0 radical (unpaired) electrons. The summed E-state index contributed by atoms with van der Waals surface area (Å²) in [4.78, 5) is 2.36. The average Bonchev–Trinajstić information content (AvgIpc) is 2.60. The Bertz CT molecular complexity index is 322. The van der Waals surface area contributed by atoms with Gasteiger partial charge in [-0.05, 0) is 19.4 Å². The number of morpholine rings is 1. The van der Waals surface area contributed by atoms with E-state index in [1.165, 1.54) is 12.8 Å². The van der Waals surface area contributed by atoms with Gasteiger partial charge in [0.15, 0.2) is 0 Å². The van der Waals surface area contributed by atoms with Crippen LogP contribution in [0.2, 0.25) is 0 Å². The van der Waals surface area contributed by atoms with Gasteiger partial charge in [-0.1, -0.05) is 0 Å². The summed E-state index contributed by atoms with van der Waals surface area (Å²) in [6, 6.07) is 0.536. The Morgan fingerprint density at radius 3 is 3.07 bits per heavy atom. The zero-order valence-corrected chi connectivity index (χ0v) is 9.93. The monoisotopic (exact) mass is 254 g/mol. The standard InChI is InChI=1S/C8H15ClN2O3S/c9-15(12,13)10-4-8-5-11-3-1-2-7(11)6-14-8/h7-8,10H,1-6H2. The number of hydrogen-bond acceptors (Lipinski definition) is 4. The lowest BCUT2D eigenvalue weighted by Gasteiger charge is -2.35. The molecular formula is C8H15ClN2O3S. The zero-order valence-electron chi connectivity index (χ0n) is 8.36. The lowest BCUT2D eigenvalue weighted by molar-refractivity contribution is -0.0448. The molecule has 2 aliphatic rings. The number of nitrogens with one attached hydrogen (secondary N) is 1. The van der Waals surface area contributed by atoms with Crippen molar-refractivity contribution in [3.8, 4) is 0 Å². The smallest absolute Gasteiger partial charge is 0.297 e. The van der Waals surface area contributed by atoms with Gasteiger partial charge in [-0.3, -0.25) is 4.90 Å². The molecule has 1 N–H and O–H groups in total. The zero-order chi connectivity index (χ0) is 10.9. The highest BCUT2D eigenvalue weighted by molar-refractivity contribution is 8.12. The summed E-state index contributed by atoms with van der Waals surface area (Å²) in [5, 5.41) is 0. The van der Waals surface area contributed by atoms with Gasteiger partial charge in [0.2, 0.25) is 0 Å². The molecule has 0 saturated carbocycles. The summed E-state index contributed by atoms with van der Waals surface area (Å²) < 4.78 is 29.2. The topological polar surface area (TPSA) is 58.6 Å². The van der Waals surface area contributed by atoms with Crippen molar-refractivity contribution in [3.63, 3.8) is 0 Å². The molecule has 5 nitrogen and oxygen atoms in total. The quantitative estimate of drug-likeness (QED) is 0.716. The molecule has 15 heavy (non-hydrogen) atoms. The maximum atomic E-state index is 10.7. The van der Waals surface area contributed by atoms with E-state index in [1.54, 1.807) is 0 Å². The fraction of sp³-hybridized carbons (Fsp3) is 1.00. The Morgan fingerprint density at radius 1 is 1.53 bits per heavy atom. The molecule has 0 aromatic rings. The third kappa shape index (κ3) is 3.29. The Kier molecular flexibility index (Phi) is 3.52. The molecular weight excluding hydrogens is 240 g/mol. The van der Waals surface area contributed by atoms with E-state index in [9.17, 15) is 8.42 Å². The molecule has 0 bridgehead atoms. The Balaban J connectivity index is 1.80. The van der Waals surface area contributed by atoms with Crippen molar-refractivity contribution in [1.82, 2.24) is 9.62 Å². The van der Waals surface area contributed by atoms with E-state index in [1.807, 2.05) is 0 Å². The van der Waals surface area contributed by atoms with Gasteiger partial charge in [0, 0.05) is 29.8 Å². The van der Waals surface area contributed by atoms with E-state index in [4.69, 9.17) is 15.4 Å². The first-order chi connectivity index (χ1) is 7.04. The molecule has 2 unspecified atom stereocenters. The van der Waals surface area contributed by atoms with Crippen molar-refractivity contribution in [2.75, 3.05) is 26.2 Å². The van der Waals surface area contributed by atoms with Crippen LogP contribution in [0.3, 0.4) is 0 Å². The molecule has 0 spiro atoms. The first-order valence-corrected chi connectivity index (χ1v) is 7.40. The molecule has 2 saturated heterocycles. The van der Waals surface area contributed by atoms with Crippen LogP contribution in [-0.2, 0) is 14.0 Å². The summed E-state index contributed by atoms with van der Waals surface area (Å²) >= 11 is 0. The summed E-state index contributed by atoms with van der Waals surface area (Å²) in [6.45, 7) is 2.85. The SMILES string of the molecule is O=S(=O)(Cl)NCC1CN2CCCC2CO1. The van der Waals surface area contributed by atoms with Crippen molar-refractivity contribution in [3.05, 3.63) is 0 Å². The Labute approximate surface area is 94.3 Å². The van der Waals surface area contributed by atoms with E-state index in [0.29, 0.717) is 12.6 Å². The van der Waals surface area contributed by atoms with E-state index in [-0.39, 0.29) is 12.6 Å². The Hall–Kier alpha value is 0.120. The van der Waals surface area contributed by atoms with Crippen LogP contribution in [0.25, 0.3) is 0 Å². The van der Waals surface area contributed by atoms with Gasteiger partial charge in [-0.2, -0.15) is 13.1 Å². The average molecular weight is 255 g/mol. The molecule has 0 aromatic heterocycles. The molecule has 0 amide bonds. The maximum absolute atomic E-state index is 10.7. The van der Waals surface area contributed by atoms with E-state index >= 15 is 0 Å². The van der Waals surface area contributed by atoms with E-state index in [0.717, 1.165) is 13.1 Å². The summed E-state index contributed by atoms with van der Waals surface area (Å²) in [5.41, 5.74) is 0. The molecule has 2 rings (SSSR count). The molecule has 2 atom stereocenters. The highest BCUT2D eigenvalue weighted by Crippen LogP contribution is 2.22. The number of rotatable bonds is 3. The van der Waals surface area contributed by atoms with Crippen LogP contribution in [0.1, 0.15) is 12.8 Å². The number of halogens is 1. The maximum Gasteiger partial charge on any atom is 0.297 e. The fourth-order valence-corrected chi connectivity index (χ4v) is 2.78. The first kappa shape index (κ1) is 11.6. The van der Waals surface area contributed by atoms with E-state index < -0.39 is 9.24 Å². The molecule has 7 heteroatoms. The third-order valence-electron chi connectivity index (χ3n) is 2.94. The third-order valence-corrected chi connectivity index (χ3v) is 3.78. The molecule has 2 aliphatic heterocycles. The van der Waals surface area contributed by atoms with Crippen molar-refractivity contribution < 1.29 is 13.2 Å². The van der Waals surface area contributed by atoms with Crippen LogP contribution >= 0.6 is 10.7 Å². The number of nitrogens with zero attached hydrogens (tertiary/aromatic N) is 1. The minimum atomic E-state index is -3.62. The van der Waals surface area contributed by atoms with Crippen LogP contribution in [0, 0.1) is 0 Å². The summed E-state index contributed by atoms with van der Waals surface area (Å²) in [6.07, 6.45) is 2.32.